The summed E-state index contributed by atoms with van der Waals surface area (Å²) >= 11 is 0. The molecule has 1 aromatic rings. The predicted octanol–water partition coefficient (Wildman–Crippen LogP) is 1.03. The van der Waals surface area contributed by atoms with Crippen molar-refractivity contribution in [3.8, 4) is 0 Å². The molecule has 0 aliphatic heterocycles. The van der Waals surface area contributed by atoms with Gasteiger partial charge in [0.15, 0.2) is 5.60 Å². The van der Waals surface area contributed by atoms with Crippen LogP contribution in [0.2, 0.25) is 0 Å². The first-order valence-electron chi connectivity index (χ1n) is 6.75. The average molecular weight is 280 g/mol. The number of benzene rings is 1. The van der Waals surface area contributed by atoms with E-state index in [0.29, 0.717) is 0 Å². The summed E-state index contributed by atoms with van der Waals surface area (Å²) in [5.41, 5.74) is -0.297. The van der Waals surface area contributed by atoms with Gasteiger partial charge < -0.3 is 20.1 Å². The molecule has 1 unspecified atom stereocenters. The zero-order valence-electron chi connectivity index (χ0n) is 12.4. The van der Waals surface area contributed by atoms with E-state index in [9.17, 15) is 9.90 Å². The number of carbonyl (C=O) groups excluding carboxylic acids is 1. The van der Waals surface area contributed by atoms with Crippen LogP contribution in [-0.2, 0) is 9.53 Å². The standard InChI is InChI=1S/C15H24N2O3/c1-15(19,14(18)20-3)12-16-10-7-11-17(2)13-8-5-4-6-9-13/h4-6,8-9,16,19H,7,10-12H2,1-3H3. The first kappa shape index (κ1) is 16.5. The molecular weight excluding hydrogens is 256 g/mol. The molecule has 0 heterocycles. The van der Waals surface area contributed by atoms with E-state index in [1.165, 1.54) is 19.7 Å². The largest absolute Gasteiger partial charge is 0.467 e. The predicted molar refractivity (Wildman–Crippen MR) is 79.8 cm³/mol. The van der Waals surface area contributed by atoms with Gasteiger partial charge in [0.1, 0.15) is 0 Å². The van der Waals surface area contributed by atoms with Gasteiger partial charge in [-0.3, -0.25) is 0 Å². The fourth-order valence-corrected chi connectivity index (χ4v) is 1.88. The molecular formula is C15H24N2O3. The minimum Gasteiger partial charge on any atom is -0.467 e. The van der Waals surface area contributed by atoms with Crippen LogP contribution in [-0.4, -0.2) is 50.5 Å². The summed E-state index contributed by atoms with van der Waals surface area (Å²) in [7, 11) is 3.31. The maximum Gasteiger partial charge on any atom is 0.338 e. The summed E-state index contributed by atoms with van der Waals surface area (Å²) in [4.78, 5) is 13.4. The first-order valence-corrected chi connectivity index (χ1v) is 6.75. The smallest absolute Gasteiger partial charge is 0.338 e. The lowest BCUT2D eigenvalue weighted by molar-refractivity contribution is -0.159. The number of para-hydroxylation sites is 1. The van der Waals surface area contributed by atoms with Gasteiger partial charge in [0.05, 0.1) is 7.11 Å². The number of aliphatic hydroxyl groups is 1. The van der Waals surface area contributed by atoms with Crippen LogP contribution in [0.5, 0.6) is 0 Å². The van der Waals surface area contributed by atoms with Gasteiger partial charge in [0, 0.05) is 25.8 Å². The highest BCUT2D eigenvalue weighted by atomic mass is 16.5. The average Bonchev–Trinajstić information content (AvgIpc) is 2.46. The summed E-state index contributed by atoms with van der Waals surface area (Å²) in [6.45, 7) is 3.26. The van der Waals surface area contributed by atoms with Crippen LogP contribution in [0.25, 0.3) is 0 Å². The van der Waals surface area contributed by atoms with E-state index >= 15 is 0 Å². The molecule has 0 bridgehead atoms. The molecule has 1 rings (SSSR count). The molecule has 20 heavy (non-hydrogen) atoms. The van der Waals surface area contributed by atoms with E-state index in [2.05, 4.69) is 27.1 Å². The van der Waals surface area contributed by atoms with Crippen LogP contribution in [0.15, 0.2) is 30.3 Å². The first-order chi connectivity index (χ1) is 9.47. The number of hydrogen-bond donors (Lipinski definition) is 2. The van der Waals surface area contributed by atoms with Gasteiger partial charge in [-0.25, -0.2) is 4.79 Å². The number of ether oxygens (including phenoxy) is 1. The fraction of sp³-hybridized carbons (Fsp3) is 0.533. The zero-order chi connectivity index (χ0) is 15.0. The Hall–Kier alpha value is -1.59. The molecule has 0 fully saturated rings. The normalized spacial score (nSPS) is 13.6. The van der Waals surface area contributed by atoms with Gasteiger partial charge >= 0.3 is 5.97 Å². The molecule has 0 amide bonds. The highest BCUT2D eigenvalue weighted by Crippen LogP contribution is 2.10. The number of carbonyl (C=O) groups is 1. The monoisotopic (exact) mass is 280 g/mol. The Morgan fingerprint density at radius 2 is 2.05 bits per heavy atom. The lowest BCUT2D eigenvalue weighted by Gasteiger charge is -2.22. The summed E-state index contributed by atoms with van der Waals surface area (Å²) in [6, 6.07) is 10.1. The fourth-order valence-electron chi connectivity index (χ4n) is 1.88. The number of nitrogens with one attached hydrogen (secondary N) is 1. The van der Waals surface area contributed by atoms with Crippen molar-refractivity contribution in [2.24, 2.45) is 0 Å². The Labute approximate surface area is 120 Å². The Balaban J connectivity index is 2.21. The second-order valence-corrected chi connectivity index (χ2v) is 5.05. The van der Waals surface area contributed by atoms with Crippen molar-refractivity contribution in [2.45, 2.75) is 18.9 Å². The van der Waals surface area contributed by atoms with Gasteiger partial charge in [-0.15, -0.1) is 0 Å². The van der Waals surface area contributed by atoms with Crippen molar-refractivity contribution in [3.05, 3.63) is 30.3 Å². The van der Waals surface area contributed by atoms with Gasteiger partial charge in [-0.05, 0) is 32.0 Å². The third-order valence-corrected chi connectivity index (χ3v) is 3.14. The van der Waals surface area contributed by atoms with Gasteiger partial charge in [0.2, 0.25) is 0 Å². The van der Waals surface area contributed by atoms with Crippen molar-refractivity contribution in [3.63, 3.8) is 0 Å². The zero-order valence-corrected chi connectivity index (χ0v) is 12.4. The summed E-state index contributed by atoms with van der Waals surface area (Å²) < 4.78 is 4.53. The summed E-state index contributed by atoms with van der Waals surface area (Å²) in [6.07, 6.45) is 0.919. The molecule has 112 valence electrons. The highest BCUT2D eigenvalue weighted by molar-refractivity contribution is 5.78. The van der Waals surface area contributed by atoms with Crippen molar-refractivity contribution in [1.82, 2.24) is 5.32 Å². The SMILES string of the molecule is COC(=O)C(C)(O)CNCCCN(C)c1ccccc1. The molecule has 5 heteroatoms. The Morgan fingerprint density at radius 3 is 2.65 bits per heavy atom. The van der Waals surface area contributed by atoms with Crippen molar-refractivity contribution >= 4 is 11.7 Å². The molecule has 2 N–H and O–H groups in total. The molecule has 0 radical (unpaired) electrons. The Morgan fingerprint density at radius 1 is 1.40 bits per heavy atom. The number of anilines is 1. The molecule has 0 saturated heterocycles. The van der Waals surface area contributed by atoms with Crippen LogP contribution in [0, 0.1) is 0 Å². The summed E-state index contributed by atoms with van der Waals surface area (Å²) in [5, 5.41) is 12.9. The molecule has 0 aliphatic rings. The van der Waals surface area contributed by atoms with Crippen LogP contribution < -0.4 is 10.2 Å². The summed E-state index contributed by atoms with van der Waals surface area (Å²) in [5.74, 6) is -0.619. The maximum atomic E-state index is 11.3. The second kappa shape index (κ2) is 7.87. The number of hydrogen-bond acceptors (Lipinski definition) is 5. The molecule has 0 spiro atoms. The van der Waals surface area contributed by atoms with E-state index in [1.54, 1.807) is 0 Å². The van der Waals surface area contributed by atoms with Crippen LogP contribution in [0.1, 0.15) is 13.3 Å². The third-order valence-electron chi connectivity index (χ3n) is 3.14. The highest BCUT2D eigenvalue weighted by Gasteiger charge is 2.30. The quantitative estimate of drug-likeness (QED) is 0.550. The molecule has 0 aliphatic carbocycles. The van der Waals surface area contributed by atoms with E-state index in [1.807, 2.05) is 25.2 Å². The molecule has 1 aromatic carbocycles. The number of rotatable bonds is 8. The van der Waals surface area contributed by atoms with Gasteiger partial charge in [0.25, 0.3) is 0 Å². The van der Waals surface area contributed by atoms with E-state index < -0.39 is 11.6 Å². The third kappa shape index (κ3) is 5.19. The number of methoxy groups -OCH3 is 1. The van der Waals surface area contributed by atoms with Crippen molar-refractivity contribution in [2.75, 3.05) is 38.7 Å². The van der Waals surface area contributed by atoms with Crippen molar-refractivity contribution < 1.29 is 14.6 Å². The minimum atomic E-state index is -1.47. The molecule has 0 aromatic heterocycles. The van der Waals surface area contributed by atoms with Crippen LogP contribution in [0.3, 0.4) is 0 Å². The van der Waals surface area contributed by atoms with E-state index in [-0.39, 0.29) is 6.54 Å². The lowest BCUT2D eigenvalue weighted by atomic mass is 10.1. The Bertz CT molecular complexity index is 407. The Kier molecular flexibility index (Phi) is 6.48. The van der Waals surface area contributed by atoms with E-state index in [0.717, 1.165) is 19.5 Å². The van der Waals surface area contributed by atoms with Gasteiger partial charge in [-0.1, -0.05) is 18.2 Å². The molecule has 1 atom stereocenters. The van der Waals surface area contributed by atoms with Gasteiger partial charge in [-0.2, -0.15) is 0 Å². The van der Waals surface area contributed by atoms with Crippen LogP contribution >= 0.6 is 0 Å². The van der Waals surface area contributed by atoms with Crippen LogP contribution in [0.4, 0.5) is 5.69 Å². The van der Waals surface area contributed by atoms with Crippen molar-refractivity contribution in [1.29, 1.82) is 0 Å². The second-order valence-electron chi connectivity index (χ2n) is 5.05. The molecule has 0 saturated carbocycles. The lowest BCUT2D eigenvalue weighted by Crippen LogP contribution is -2.46. The maximum absolute atomic E-state index is 11.3. The van der Waals surface area contributed by atoms with E-state index in [4.69, 9.17) is 0 Å². The molecule has 5 nitrogen and oxygen atoms in total. The topological polar surface area (TPSA) is 61.8 Å². The number of nitrogens with zero attached hydrogens (tertiary/aromatic N) is 1. The number of esters is 1. The minimum absolute atomic E-state index is 0.189.